The fraction of sp³-hybridized carbons (Fsp3) is 0.556. The molecule has 0 saturated carbocycles. The van der Waals surface area contributed by atoms with Crippen molar-refractivity contribution in [3.8, 4) is 0 Å². The molecule has 1 atom stereocenters. The summed E-state index contributed by atoms with van der Waals surface area (Å²) >= 11 is 0. The maximum absolute atomic E-state index is 12.4. The smallest absolute Gasteiger partial charge is 0.229 e. The van der Waals surface area contributed by atoms with Crippen LogP contribution < -0.4 is 4.90 Å². The summed E-state index contributed by atoms with van der Waals surface area (Å²) < 4.78 is 5.02. The van der Waals surface area contributed by atoms with Crippen LogP contribution in [0.2, 0.25) is 0 Å². The second kappa shape index (κ2) is 7.13. The highest BCUT2D eigenvalue weighted by Gasteiger charge is 2.32. The van der Waals surface area contributed by atoms with Gasteiger partial charge in [-0.05, 0) is 24.5 Å². The molecule has 1 saturated heterocycles. The zero-order valence-corrected chi connectivity index (χ0v) is 13.7. The molecule has 0 radical (unpaired) electrons. The van der Waals surface area contributed by atoms with Crippen molar-refractivity contribution in [2.45, 2.75) is 31.6 Å². The number of para-hydroxylation sites is 1. The molecule has 0 aliphatic carbocycles. The first-order chi connectivity index (χ1) is 11.2. The average Bonchev–Trinajstić information content (AvgIpc) is 3.14. The van der Waals surface area contributed by atoms with Gasteiger partial charge in [-0.15, -0.1) is 0 Å². The summed E-state index contributed by atoms with van der Waals surface area (Å²) in [4.78, 5) is 28.0. The van der Waals surface area contributed by atoms with E-state index in [0.717, 1.165) is 31.6 Å². The lowest BCUT2D eigenvalue weighted by molar-refractivity contribution is -0.127. The number of fused-ring (bicyclic) bond motifs is 1. The SMILES string of the molecule is COCCC(=O)N1CC(CCN2CCCC2=O)c2ccccc21. The number of benzene rings is 1. The fourth-order valence-electron chi connectivity index (χ4n) is 3.56. The van der Waals surface area contributed by atoms with Gasteiger partial charge in [0.15, 0.2) is 0 Å². The number of hydrogen-bond acceptors (Lipinski definition) is 3. The lowest BCUT2D eigenvalue weighted by atomic mass is 9.98. The van der Waals surface area contributed by atoms with E-state index in [1.54, 1.807) is 7.11 Å². The predicted octanol–water partition coefficient (Wildman–Crippen LogP) is 2.17. The topological polar surface area (TPSA) is 49.9 Å². The molecule has 2 heterocycles. The summed E-state index contributed by atoms with van der Waals surface area (Å²) in [6.07, 6.45) is 2.98. The van der Waals surface area contributed by atoms with Gasteiger partial charge in [-0.1, -0.05) is 18.2 Å². The van der Waals surface area contributed by atoms with Crippen LogP contribution in [0, 0.1) is 0 Å². The van der Waals surface area contributed by atoms with Gasteiger partial charge in [0.1, 0.15) is 0 Å². The van der Waals surface area contributed by atoms with Gasteiger partial charge in [0.05, 0.1) is 13.0 Å². The fourth-order valence-corrected chi connectivity index (χ4v) is 3.56. The zero-order valence-electron chi connectivity index (χ0n) is 13.7. The van der Waals surface area contributed by atoms with Gasteiger partial charge in [0.25, 0.3) is 0 Å². The van der Waals surface area contributed by atoms with Crippen LogP contribution in [0.3, 0.4) is 0 Å². The number of methoxy groups -OCH3 is 1. The summed E-state index contributed by atoms with van der Waals surface area (Å²) in [6, 6.07) is 8.12. The summed E-state index contributed by atoms with van der Waals surface area (Å²) in [6.45, 7) is 2.83. The van der Waals surface area contributed by atoms with Gasteiger partial charge in [0, 0.05) is 44.8 Å². The highest BCUT2D eigenvalue weighted by atomic mass is 16.5. The standard InChI is InChI=1S/C18H24N2O3/c1-23-12-9-18(22)20-13-14(15-5-2-3-6-16(15)20)8-11-19-10-4-7-17(19)21/h2-3,5-6,14H,4,7-13H2,1H3. The van der Waals surface area contributed by atoms with Crippen molar-refractivity contribution in [2.75, 3.05) is 38.3 Å². The zero-order chi connectivity index (χ0) is 16.2. The maximum atomic E-state index is 12.4. The molecule has 1 aromatic rings. The Bertz CT molecular complexity index is 587. The molecular formula is C18H24N2O3. The third-order valence-corrected chi connectivity index (χ3v) is 4.81. The van der Waals surface area contributed by atoms with Crippen molar-refractivity contribution in [2.24, 2.45) is 0 Å². The van der Waals surface area contributed by atoms with Crippen LogP contribution in [0.15, 0.2) is 24.3 Å². The van der Waals surface area contributed by atoms with Gasteiger partial charge in [-0.25, -0.2) is 0 Å². The number of anilines is 1. The molecule has 1 unspecified atom stereocenters. The summed E-state index contributed by atoms with van der Waals surface area (Å²) in [5.41, 5.74) is 2.25. The molecule has 5 heteroatoms. The minimum absolute atomic E-state index is 0.110. The van der Waals surface area contributed by atoms with Gasteiger partial charge >= 0.3 is 0 Å². The average molecular weight is 316 g/mol. The number of nitrogens with zero attached hydrogens (tertiary/aromatic N) is 2. The molecule has 0 spiro atoms. The molecule has 3 rings (SSSR count). The van der Waals surface area contributed by atoms with Crippen LogP contribution >= 0.6 is 0 Å². The lowest BCUT2D eigenvalue weighted by Crippen LogP contribution is -2.31. The minimum atomic E-state index is 0.110. The largest absolute Gasteiger partial charge is 0.384 e. The molecule has 5 nitrogen and oxygen atoms in total. The van der Waals surface area contributed by atoms with Crippen molar-refractivity contribution in [1.82, 2.24) is 4.90 Å². The van der Waals surface area contributed by atoms with E-state index in [-0.39, 0.29) is 11.8 Å². The highest BCUT2D eigenvalue weighted by molar-refractivity contribution is 5.96. The van der Waals surface area contributed by atoms with Crippen LogP contribution in [0.25, 0.3) is 0 Å². The van der Waals surface area contributed by atoms with Gasteiger partial charge in [0.2, 0.25) is 11.8 Å². The van der Waals surface area contributed by atoms with Crippen molar-refractivity contribution in [1.29, 1.82) is 0 Å². The quantitative estimate of drug-likeness (QED) is 0.808. The Hall–Kier alpha value is -1.88. The number of hydrogen-bond donors (Lipinski definition) is 0. The van der Waals surface area contributed by atoms with Gasteiger partial charge in [-0.2, -0.15) is 0 Å². The molecule has 2 amide bonds. The molecule has 1 fully saturated rings. The van der Waals surface area contributed by atoms with Crippen LogP contribution in [-0.2, 0) is 14.3 Å². The molecule has 0 aromatic heterocycles. The van der Waals surface area contributed by atoms with Crippen molar-refractivity contribution >= 4 is 17.5 Å². The maximum Gasteiger partial charge on any atom is 0.229 e. The Morgan fingerprint density at radius 3 is 2.91 bits per heavy atom. The molecule has 2 aliphatic heterocycles. The molecule has 1 aromatic carbocycles. The number of ether oxygens (including phenoxy) is 1. The van der Waals surface area contributed by atoms with E-state index in [2.05, 4.69) is 6.07 Å². The van der Waals surface area contributed by atoms with E-state index in [1.807, 2.05) is 28.0 Å². The van der Waals surface area contributed by atoms with Crippen LogP contribution in [0.4, 0.5) is 5.69 Å². The Morgan fingerprint density at radius 1 is 1.35 bits per heavy atom. The second-order valence-electron chi connectivity index (χ2n) is 6.28. The van der Waals surface area contributed by atoms with E-state index in [9.17, 15) is 9.59 Å². The van der Waals surface area contributed by atoms with E-state index >= 15 is 0 Å². The Balaban J connectivity index is 1.68. The van der Waals surface area contributed by atoms with Crippen molar-refractivity contribution in [3.63, 3.8) is 0 Å². The lowest BCUT2D eigenvalue weighted by Gasteiger charge is -2.20. The first-order valence-electron chi connectivity index (χ1n) is 8.36. The van der Waals surface area contributed by atoms with Gasteiger partial charge < -0.3 is 14.5 Å². The first kappa shape index (κ1) is 16.0. The normalized spacial score (nSPS) is 20.2. The van der Waals surface area contributed by atoms with Crippen LogP contribution in [-0.4, -0.2) is 50.1 Å². The Kier molecular flexibility index (Phi) is 4.96. The number of carbonyl (C=O) groups is 2. The number of rotatable bonds is 6. The number of likely N-dealkylation sites (tertiary alicyclic amines) is 1. The van der Waals surface area contributed by atoms with Crippen LogP contribution in [0.5, 0.6) is 0 Å². The number of carbonyl (C=O) groups excluding carboxylic acids is 2. The Morgan fingerprint density at radius 2 is 2.17 bits per heavy atom. The molecule has 0 N–H and O–H groups in total. The Labute approximate surface area is 137 Å². The first-order valence-corrected chi connectivity index (χ1v) is 8.36. The summed E-state index contributed by atoms with van der Waals surface area (Å²) in [5.74, 6) is 0.689. The summed E-state index contributed by atoms with van der Waals surface area (Å²) in [5, 5.41) is 0. The molecular weight excluding hydrogens is 292 g/mol. The molecule has 124 valence electrons. The number of amides is 2. The minimum Gasteiger partial charge on any atom is -0.384 e. The molecule has 0 bridgehead atoms. The van der Waals surface area contributed by atoms with E-state index in [0.29, 0.717) is 31.9 Å². The predicted molar refractivity (Wildman–Crippen MR) is 88.5 cm³/mol. The van der Waals surface area contributed by atoms with Gasteiger partial charge in [-0.3, -0.25) is 9.59 Å². The molecule has 2 aliphatic rings. The van der Waals surface area contributed by atoms with Crippen molar-refractivity contribution < 1.29 is 14.3 Å². The third-order valence-electron chi connectivity index (χ3n) is 4.81. The van der Waals surface area contributed by atoms with Crippen molar-refractivity contribution in [3.05, 3.63) is 29.8 Å². The highest BCUT2D eigenvalue weighted by Crippen LogP contribution is 2.38. The van der Waals surface area contributed by atoms with E-state index < -0.39 is 0 Å². The van der Waals surface area contributed by atoms with E-state index in [1.165, 1.54) is 5.56 Å². The van der Waals surface area contributed by atoms with Crippen LogP contribution in [0.1, 0.15) is 37.2 Å². The second-order valence-corrected chi connectivity index (χ2v) is 6.28. The third kappa shape index (κ3) is 3.39. The molecule has 23 heavy (non-hydrogen) atoms. The monoisotopic (exact) mass is 316 g/mol. The van der Waals surface area contributed by atoms with E-state index in [4.69, 9.17) is 4.74 Å². The summed E-state index contributed by atoms with van der Waals surface area (Å²) in [7, 11) is 1.61.